The largest absolute Gasteiger partial charge is 0.496 e. The molecule has 0 radical (unpaired) electrons. The average Bonchev–Trinajstić information content (AvgIpc) is 2.99. The van der Waals surface area contributed by atoms with Crippen molar-refractivity contribution in [3.8, 4) is 11.5 Å². The number of aryl methyl sites for hydroxylation is 1. The molecule has 0 unspecified atom stereocenters. The summed E-state index contributed by atoms with van der Waals surface area (Å²) >= 11 is 6.18. The van der Waals surface area contributed by atoms with E-state index in [-0.39, 0.29) is 0 Å². The van der Waals surface area contributed by atoms with E-state index in [0.29, 0.717) is 22.5 Å². The lowest BCUT2D eigenvalue weighted by molar-refractivity contribution is 0.394. The van der Waals surface area contributed by atoms with E-state index in [1.807, 2.05) is 24.3 Å². The van der Waals surface area contributed by atoms with Crippen LogP contribution in [0.3, 0.4) is 0 Å². The van der Waals surface area contributed by atoms with Gasteiger partial charge in [-0.3, -0.25) is 0 Å². The van der Waals surface area contributed by atoms with Gasteiger partial charge in [0.25, 0.3) is 0 Å². The molecule has 3 aromatic rings. The lowest BCUT2D eigenvalue weighted by Gasteiger charge is -2.09. The summed E-state index contributed by atoms with van der Waals surface area (Å²) in [6.45, 7) is 2.85. The Balaban J connectivity index is 1.88. The number of nitrogens with one attached hydrogen (secondary N) is 1. The van der Waals surface area contributed by atoms with E-state index >= 15 is 0 Å². The number of aromatic nitrogens is 2. The number of benzene rings is 2. The number of para-hydroxylation sites is 2. The van der Waals surface area contributed by atoms with Crippen molar-refractivity contribution >= 4 is 34.8 Å². The monoisotopic (exact) mass is 358 g/mol. The van der Waals surface area contributed by atoms with Gasteiger partial charge >= 0.3 is 0 Å². The van der Waals surface area contributed by atoms with Crippen molar-refractivity contribution in [1.82, 2.24) is 9.55 Å². The topological polar surface area (TPSA) is 60.7 Å². The first-order valence-electron chi connectivity index (χ1n) is 7.83. The smallest absolute Gasteiger partial charge is 0.224 e. The summed E-state index contributed by atoms with van der Waals surface area (Å²) in [7, 11) is 3.15. The molecule has 0 amide bonds. The molecule has 1 aromatic heterocycles. The van der Waals surface area contributed by atoms with Crippen LogP contribution >= 0.6 is 11.6 Å². The number of ether oxygens (including phenoxy) is 2. The second-order valence-electron chi connectivity index (χ2n) is 5.27. The first-order valence-corrected chi connectivity index (χ1v) is 8.21. The molecule has 0 bridgehead atoms. The molecular formula is C18H19ClN4O2. The molecule has 0 saturated carbocycles. The molecule has 6 nitrogen and oxygen atoms in total. The first-order chi connectivity index (χ1) is 12.2. The van der Waals surface area contributed by atoms with E-state index in [9.17, 15) is 0 Å². The van der Waals surface area contributed by atoms with Crippen LogP contribution in [-0.2, 0) is 6.54 Å². The van der Waals surface area contributed by atoms with E-state index in [0.717, 1.165) is 23.1 Å². The molecule has 2 aromatic carbocycles. The van der Waals surface area contributed by atoms with E-state index < -0.39 is 0 Å². The number of fused-ring (bicyclic) bond motifs is 1. The van der Waals surface area contributed by atoms with Crippen molar-refractivity contribution in [3.63, 3.8) is 0 Å². The third kappa shape index (κ3) is 3.39. The first kappa shape index (κ1) is 17.1. The van der Waals surface area contributed by atoms with Gasteiger partial charge in [0.1, 0.15) is 11.5 Å². The fraction of sp³-hybridized carbons (Fsp3) is 0.222. The molecule has 130 valence electrons. The van der Waals surface area contributed by atoms with E-state index in [4.69, 9.17) is 21.1 Å². The highest BCUT2D eigenvalue weighted by Gasteiger charge is 2.10. The Bertz CT molecular complexity index is 921. The van der Waals surface area contributed by atoms with Gasteiger partial charge in [-0.05, 0) is 25.1 Å². The molecule has 0 aliphatic carbocycles. The summed E-state index contributed by atoms with van der Waals surface area (Å²) in [5.74, 6) is 1.85. The van der Waals surface area contributed by atoms with Gasteiger partial charge in [0, 0.05) is 18.2 Å². The quantitative estimate of drug-likeness (QED) is 0.530. The van der Waals surface area contributed by atoms with Gasteiger partial charge < -0.3 is 14.0 Å². The predicted octanol–water partition coefficient (Wildman–Crippen LogP) is 4.17. The van der Waals surface area contributed by atoms with Crippen LogP contribution in [0.5, 0.6) is 11.5 Å². The van der Waals surface area contributed by atoms with Gasteiger partial charge in [0.15, 0.2) is 0 Å². The number of hydrogen-bond donors (Lipinski definition) is 1. The Hall–Kier alpha value is -2.73. The minimum atomic E-state index is 0.491. The normalized spacial score (nSPS) is 11.2. The molecule has 0 aliphatic rings. The number of halogens is 1. The van der Waals surface area contributed by atoms with Gasteiger partial charge in [-0.25, -0.2) is 10.4 Å². The minimum absolute atomic E-state index is 0.491. The van der Waals surface area contributed by atoms with Crippen LogP contribution in [0.4, 0.5) is 5.95 Å². The Kier molecular flexibility index (Phi) is 5.09. The average molecular weight is 359 g/mol. The highest BCUT2D eigenvalue weighted by molar-refractivity contribution is 6.32. The zero-order valence-electron chi connectivity index (χ0n) is 14.3. The van der Waals surface area contributed by atoms with Gasteiger partial charge in [0.05, 0.1) is 36.5 Å². The van der Waals surface area contributed by atoms with Crippen LogP contribution in [0.1, 0.15) is 12.5 Å². The van der Waals surface area contributed by atoms with Crippen molar-refractivity contribution in [1.29, 1.82) is 0 Å². The number of hydrogen-bond acceptors (Lipinski definition) is 5. The summed E-state index contributed by atoms with van der Waals surface area (Å²) in [6, 6.07) is 11.4. The Morgan fingerprint density at radius 1 is 1.20 bits per heavy atom. The Labute approximate surface area is 151 Å². The summed E-state index contributed by atoms with van der Waals surface area (Å²) in [5, 5.41) is 4.77. The highest BCUT2D eigenvalue weighted by Crippen LogP contribution is 2.31. The maximum absolute atomic E-state index is 6.18. The van der Waals surface area contributed by atoms with Crippen LogP contribution in [0, 0.1) is 0 Å². The van der Waals surface area contributed by atoms with Crippen molar-refractivity contribution < 1.29 is 9.47 Å². The SMILES string of the molecule is CCn1c(N/N=C\c2cc(Cl)c(OC)cc2OC)nc2ccccc21. The second kappa shape index (κ2) is 7.44. The van der Waals surface area contributed by atoms with E-state index in [1.165, 1.54) is 0 Å². The van der Waals surface area contributed by atoms with Crippen LogP contribution in [-0.4, -0.2) is 30.0 Å². The van der Waals surface area contributed by atoms with Crippen molar-refractivity contribution in [2.45, 2.75) is 13.5 Å². The minimum Gasteiger partial charge on any atom is -0.496 e. The van der Waals surface area contributed by atoms with Crippen LogP contribution in [0.25, 0.3) is 11.0 Å². The maximum Gasteiger partial charge on any atom is 0.224 e. The van der Waals surface area contributed by atoms with Crippen LogP contribution < -0.4 is 14.9 Å². The number of imidazole rings is 1. The number of anilines is 1. The molecular weight excluding hydrogens is 340 g/mol. The Morgan fingerprint density at radius 3 is 2.68 bits per heavy atom. The molecule has 0 saturated heterocycles. The van der Waals surface area contributed by atoms with Crippen LogP contribution in [0.2, 0.25) is 5.02 Å². The zero-order chi connectivity index (χ0) is 17.8. The molecule has 1 N–H and O–H groups in total. The number of methoxy groups -OCH3 is 2. The highest BCUT2D eigenvalue weighted by atomic mass is 35.5. The van der Waals surface area contributed by atoms with Gasteiger partial charge in [-0.2, -0.15) is 5.10 Å². The van der Waals surface area contributed by atoms with Crippen molar-refractivity contribution in [2.24, 2.45) is 5.10 Å². The van der Waals surface area contributed by atoms with Gasteiger partial charge in [0.2, 0.25) is 5.95 Å². The number of hydrazone groups is 1. The lowest BCUT2D eigenvalue weighted by Crippen LogP contribution is -2.02. The predicted molar refractivity (Wildman–Crippen MR) is 101 cm³/mol. The fourth-order valence-electron chi connectivity index (χ4n) is 2.62. The third-order valence-electron chi connectivity index (χ3n) is 3.84. The molecule has 1 heterocycles. The summed E-state index contributed by atoms with van der Waals surface area (Å²) in [5.41, 5.74) is 5.71. The zero-order valence-corrected chi connectivity index (χ0v) is 15.0. The lowest BCUT2D eigenvalue weighted by atomic mass is 10.2. The number of rotatable bonds is 6. The second-order valence-corrected chi connectivity index (χ2v) is 5.67. The molecule has 0 aliphatic heterocycles. The summed E-state index contributed by atoms with van der Waals surface area (Å²) in [4.78, 5) is 4.56. The molecule has 25 heavy (non-hydrogen) atoms. The Morgan fingerprint density at radius 2 is 1.96 bits per heavy atom. The van der Waals surface area contributed by atoms with Crippen LogP contribution in [0.15, 0.2) is 41.5 Å². The fourth-order valence-corrected chi connectivity index (χ4v) is 2.87. The molecule has 0 fully saturated rings. The van der Waals surface area contributed by atoms with Crippen molar-refractivity contribution in [3.05, 3.63) is 47.0 Å². The molecule has 0 atom stereocenters. The van der Waals surface area contributed by atoms with Gasteiger partial charge in [-0.1, -0.05) is 23.7 Å². The molecule has 3 rings (SSSR count). The van der Waals surface area contributed by atoms with Gasteiger partial charge in [-0.15, -0.1) is 0 Å². The maximum atomic E-state index is 6.18. The number of nitrogens with zero attached hydrogens (tertiary/aromatic N) is 3. The van der Waals surface area contributed by atoms with E-state index in [2.05, 4.69) is 27.0 Å². The van der Waals surface area contributed by atoms with E-state index in [1.54, 1.807) is 32.6 Å². The standard InChI is InChI=1S/C18H19ClN4O2/c1-4-23-15-8-6-5-7-14(15)21-18(23)22-20-11-12-9-13(19)17(25-3)10-16(12)24-2/h5-11H,4H2,1-3H3,(H,21,22)/b20-11-. The van der Waals surface area contributed by atoms with Crippen molar-refractivity contribution in [2.75, 3.05) is 19.6 Å². The third-order valence-corrected chi connectivity index (χ3v) is 4.14. The molecule has 0 spiro atoms. The molecule has 7 heteroatoms. The summed E-state index contributed by atoms with van der Waals surface area (Å²) < 4.78 is 12.6. The summed E-state index contributed by atoms with van der Waals surface area (Å²) in [6.07, 6.45) is 1.64.